The maximum atomic E-state index is 14.5. The van der Waals surface area contributed by atoms with Gasteiger partial charge in [0.25, 0.3) is 0 Å². The number of rotatable bonds is 14. The zero-order valence-electron chi connectivity index (χ0n) is 22.9. The molecular formula is C32H34F4N2O2. The Hall–Kier alpha value is -3.86. The van der Waals surface area contributed by atoms with Crippen LogP contribution in [0.15, 0.2) is 58.8 Å². The Balaban J connectivity index is 1.62. The van der Waals surface area contributed by atoms with Crippen molar-refractivity contribution in [1.29, 1.82) is 0 Å². The van der Waals surface area contributed by atoms with Crippen molar-refractivity contribution >= 4 is 11.4 Å². The third kappa shape index (κ3) is 9.11. The van der Waals surface area contributed by atoms with Gasteiger partial charge in [-0.1, -0.05) is 64.2 Å². The second kappa shape index (κ2) is 16.3. The summed E-state index contributed by atoms with van der Waals surface area (Å²) >= 11 is 0. The van der Waals surface area contributed by atoms with Gasteiger partial charge in [0.1, 0.15) is 11.3 Å². The van der Waals surface area contributed by atoms with Crippen LogP contribution in [0.3, 0.4) is 0 Å². The fraction of sp³-hybridized carbons (Fsp3) is 0.375. The molecule has 0 bridgehead atoms. The van der Waals surface area contributed by atoms with Crippen LogP contribution < -0.4 is 9.47 Å². The van der Waals surface area contributed by atoms with Crippen molar-refractivity contribution in [1.82, 2.24) is 0 Å². The first-order valence-electron chi connectivity index (χ1n) is 13.7. The lowest BCUT2D eigenvalue weighted by Crippen LogP contribution is -2.08. The molecule has 0 amide bonds. The average Bonchev–Trinajstić information content (AvgIpc) is 2.97. The van der Waals surface area contributed by atoms with E-state index in [9.17, 15) is 17.6 Å². The highest BCUT2D eigenvalue weighted by Gasteiger charge is 2.26. The average molecular weight is 555 g/mol. The SMILES string of the molecule is CCCCCCCCOc1c(F)c(F)c(C#Cc2ccc(N=Nc3ccc(OCCCC)cc3)cc2)c(F)c1F. The van der Waals surface area contributed by atoms with Crippen molar-refractivity contribution < 1.29 is 27.0 Å². The molecule has 0 aromatic heterocycles. The van der Waals surface area contributed by atoms with Gasteiger partial charge in [-0.15, -0.1) is 0 Å². The molecule has 0 atom stereocenters. The van der Waals surface area contributed by atoms with Gasteiger partial charge in [0.15, 0.2) is 17.4 Å². The summed E-state index contributed by atoms with van der Waals surface area (Å²) in [5.74, 6) is -1.92. The molecule has 4 nitrogen and oxygen atoms in total. The largest absolute Gasteiger partial charge is 0.494 e. The van der Waals surface area contributed by atoms with Crippen LogP contribution in [0, 0.1) is 35.1 Å². The molecule has 0 heterocycles. The molecule has 3 aromatic rings. The van der Waals surface area contributed by atoms with Gasteiger partial charge in [-0.05, 0) is 61.4 Å². The lowest BCUT2D eigenvalue weighted by molar-refractivity contribution is 0.263. The first-order valence-corrected chi connectivity index (χ1v) is 13.7. The van der Waals surface area contributed by atoms with E-state index in [0.29, 0.717) is 30.0 Å². The Morgan fingerprint density at radius 2 is 1.10 bits per heavy atom. The van der Waals surface area contributed by atoms with Crippen molar-refractivity contribution in [3.63, 3.8) is 0 Å². The van der Waals surface area contributed by atoms with Crippen LogP contribution >= 0.6 is 0 Å². The van der Waals surface area contributed by atoms with Crippen molar-refractivity contribution in [2.75, 3.05) is 13.2 Å². The molecule has 0 saturated carbocycles. The summed E-state index contributed by atoms with van der Waals surface area (Å²) in [4.78, 5) is 0. The third-order valence-corrected chi connectivity index (χ3v) is 6.05. The zero-order chi connectivity index (χ0) is 28.7. The maximum absolute atomic E-state index is 14.5. The van der Waals surface area contributed by atoms with Crippen LogP contribution in [-0.4, -0.2) is 13.2 Å². The second-order valence-corrected chi connectivity index (χ2v) is 9.27. The normalized spacial score (nSPS) is 10.9. The summed E-state index contributed by atoms with van der Waals surface area (Å²) in [7, 11) is 0. The Morgan fingerprint density at radius 3 is 1.70 bits per heavy atom. The topological polar surface area (TPSA) is 43.2 Å². The molecule has 0 aliphatic carbocycles. The van der Waals surface area contributed by atoms with E-state index in [0.717, 1.165) is 50.7 Å². The molecule has 0 aliphatic heterocycles. The predicted octanol–water partition coefficient (Wildman–Crippen LogP) is 9.98. The molecule has 40 heavy (non-hydrogen) atoms. The lowest BCUT2D eigenvalue weighted by Gasteiger charge is -2.11. The van der Waals surface area contributed by atoms with Crippen LogP contribution in [0.25, 0.3) is 0 Å². The molecule has 0 fully saturated rings. The highest BCUT2D eigenvalue weighted by molar-refractivity contribution is 5.50. The predicted molar refractivity (Wildman–Crippen MR) is 149 cm³/mol. The van der Waals surface area contributed by atoms with E-state index in [1.54, 1.807) is 36.4 Å². The van der Waals surface area contributed by atoms with Crippen molar-refractivity contribution in [3.8, 4) is 23.3 Å². The Kier molecular flexibility index (Phi) is 12.5. The van der Waals surface area contributed by atoms with Gasteiger partial charge in [0.05, 0.1) is 24.6 Å². The molecule has 3 rings (SSSR count). The van der Waals surface area contributed by atoms with E-state index in [-0.39, 0.29) is 6.61 Å². The molecular weight excluding hydrogens is 520 g/mol. The fourth-order valence-corrected chi connectivity index (χ4v) is 3.71. The zero-order valence-corrected chi connectivity index (χ0v) is 22.9. The number of unbranched alkanes of at least 4 members (excludes halogenated alkanes) is 6. The van der Waals surface area contributed by atoms with Crippen LogP contribution in [0.2, 0.25) is 0 Å². The van der Waals surface area contributed by atoms with Gasteiger partial charge in [-0.2, -0.15) is 19.0 Å². The molecule has 8 heteroatoms. The first kappa shape index (κ1) is 30.7. The van der Waals surface area contributed by atoms with E-state index in [1.807, 2.05) is 12.1 Å². The summed E-state index contributed by atoms with van der Waals surface area (Å²) in [6.45, 7) is 4.82. The Morgan fingerprint density at radius 1 is 0.575 bits per heavy atom. The van der Waals surface area contributed by atoms with Crippen molar-refractivity contribution in [2.24, 2.45) is 10.2 Å². The summed E-state index contributed by atoms with van der Waals surface area (Å²) < 4.78 is 68.7. The smallest absolute Gasteiger partial charge is 0.205 e. The number of hydrogen-bond acceptors (Lipinski definition) is 4. The Labute approximate surface area is 233 Å². The van der Waals surface area contributed by atoms with E-state index in [2.05, 4.69) is 35.9 Å². The molecule has 0 aliphatic rings. The number of benzene rings is 3. The van der Waals surface area contributed by atoms with Crippen LogP contribution in [0.1, 0.15) is 76.3 Å². The summed E-state index contributed by atoms with van der Waals surface area (Å²) in [5.41, 5.74) is 0.541. The van der Waals surface area contributed by atoms with Crippen molar-refractivity contribution in [2.45, 2.75) is 65.2 Å². The molecule has 0 saturated heterocycles. The molecule has 0 radical (unpaired) electrons. The van der Waals surface area contributed by atoms with Gasteiger partial charge in [0, 0.05) is 5.56 Å². The summed E-state index contributed by atoms with van der Waals surface area (Å²) in [6.07, 6.45) is 7.62. The highest BCUT2D eigenvalue weighted by Crippen LogP contribution is 2.30. The first-order chi connectivity index (χ1) is 19.4. The standard InChI is InChI=1S/C32H34F4N2O2/c1-3-5-7-8-9-10-22-40-32-30(35)28(33)27(29(34)31(32)36)20-13-23-11-14-24(15-12-23)37-38-25-16-18-26(19-17-25)39-21-6-4-2/h11-12,14-19H,3-10,21-22H2,1-2H3. The molecule has 3 aromatic carbocycles. The number of nitrogens with zero attached hydrogens (tertiary/aromatic N) is 2. The van der Waals surface area contributed by atoms with Gasteiger partial charge in [-0.3, -0.25) is 0 Å². The second-order valence-electron chi connectivity index (χ2n) is 9.27. The number of azo groups is 1. The monoisotopic (exact) mass is 554 g/mol. The highest BCUT2D eigenvalue weighted by atomic mass is 19.2. The Bertz CT molecular complexity index is 1280. The van der Waals surface area contributed by atoms with Gasteiger partial charge in [-0.25, -0.2) is 8.78 Å². The minimum Gasteiger partial charge on any atom is -0.494 e. The van der Waals surface area contributed by atoms with Crippen LogP contribution in [-0.2, 0) is 0 Å². The maximum Gasteiger partial charge on any atom is 0.205 e. The minimum absolute atomic E-state index is 0.0354. The number of ether oxygens (including phenoxy) is 2. The molecule has 0 spiro atoms. The molecule has 212 valence electrons. The van der Waals surface area contributed by atoms with Crippen LogP contribution in [0.4, 0.5) is 28.9 Å². The summed E-state index contributed by atoms with van der Waals surface area (Å²) in [6, 6.07) is 13.6. The van der Waals surface area contributed by atoms with Gasteiger partial charge >= 0.3 is 0 Å². The third-order valence-electron chi connectivity index (χ3n) is 6.05. The van der Waals surface area contributed by atoms with Gasteiger partial charge < -0.3 is 9.47 Å². The molecule has 0 unspecified atom stereocenters. The van der Waals surface area contributed by atoms with Gasteiger partial charge in [0.2, 0.25) is 11.6 Å². The van der Waals surface area contributed by atoms with E-state index >= 15 is 0 Å². The van der Waals surface area contributed by atoms with Crippen molar-refractivity contribution in [3.05, 3.63) is 82.9 Å². The van der Waals surface area contributed by atoms with Crippen LogP contribution in [0.5, 0.6) is 11.5 Å². The van der Waals surface area contributed by atoms with E-state index in [1.165, 1.54) is 0 Å². The minimum atomic E-state index is -1.59. The van der Waals surface area contributed by atoms with E-state index < -0.39 is 34.6 Å². The lowest BCUT2D eigenvalue weighted by atomic mass is 10.1. The quantitative estimate of drug-likeness (QED) is 0.0654. The number of halogens is 4. The fourth-order valence-electron chi connectivity index (χ4n) is 3.71. The number of hydrogen-bond donors (Lipinski definition) is 0. The summed E-state index contributed by atoms with van der Waals surface area (Å²) in [5, 5.41) is 8.32. The molecule has 0 N–H and O–H groups in total. The van der Waals surface area contributed by atoms with E-state index in [4.69, 9.17) is 9.47 Å².